The first-order chi connectivity index (χ1) is 12.8. The van der Waals surface area contributed by atoms with Gasteiger partial charge in [0.15, 0.2) is 5.78 Å². The van der Waals surface area contributed by atoms with Gasteiger partial charge in [-0.3, -0.25) is 4.79 Å². The van der Waals surface area contributed by atoms with Crippen LogP contribution in [-0.2, 0) is 6.42 Å². The second-order valence-corrected chi connectivity index (χ2v) is 6.44. The second-order valence-electron chi connectivity index (χ2n) is 6.44. The zero-order valence-electron chi connectivity index (χ0n) is 14.6. The lowest BCUT2D eigenvalue weighted by Crippen LogP contribution is -2.18. The van der Waals surface area contributed by atoms with Gasteiger partial charge >= 0.3 is 0 Å². The molecule has 26 heavy (non-hydrogen) atoms. The number of benzene rings is 3. The highest BCUT2D eigenvalue weighted by Gasteiger charge is 2.25. The maximum Gasteiger partial charge on any atom is 0.170 e. The predicted octanol–water partition coefficient (Wildman–Crippen LogP) is 5.43. The van der Waals surface area contributed by atoms with Gasteiger partial charge in [-0.15, -0.1) is 0 Å². The fourth-order valence-electron chi connectivity index (χ4n) is 3.25. The van der Waals surface area contributed by atoms with E-state index in [1.165, 1.54) is 0 Å². The van der Waals surface area contributed by atoms with Crippen molar-refractivity contribution in [3.8, 4) is 6.07 Å². The van der Waals surface area contributed by atoms with Crippen molar-refractivity contribution in [1.29, 1.82) is 5.26 Å². The molecule has 0 aliphatic rings. The van der Waals surface area contributed by atoms with Crippen LogP contribution in [0.5, 0.6) is 0 Å². The molecule has 0 heterocycles. The molecule has 0 amide bonds. The number of carbonyl (C=O) groups excluding carboxylic acids is 1. The van der Waals surface area contributed by atoms with E-state index in [4.69, 9.17) is 0 Å². The van der Waals surface area contributed by atoms with Gasteiger partial charge in [0.2, 0.25) is 0 Å². The van der Waals surface area contributed by atoms with Crippen molar-refractivity contribution in [3.05, 3.63) is 108 Å². The Morgan fingerprint density at radius 2 is 1.35 bits per heavy atom. The maximum absolute atomic E-state index is 13.1. The summed E-state index contributed by atoms with van der Waals surface area (Å²) in [6.45, 7) is 0. The quantitative estimate of drug-likeness (QED) is 0.539. The minimum Gasteiger partial charge on any atom is -0.293 e. The van der Waals surface area contributed by atoms with Crippen molar-refractivity contribution in [1.82, 2.24) is 0 Å². The highest BCUT2D eigenvalue weighted by Crippen LogP contribution is 2.29. The van der Waals surface area contributed by atoms with Gasteiger partial charge in [-0.1, -0.05) is 91.0 Å². The fraction of sp³-hybridized carbons (Fsp3) is 0.167. The van der Waals surface area contributed by atoms with Crippen LogP contribution >= 0.6 is 0 Å². The van der Waals surface area contributed by atoms with Crippen molar-refractivity contribution in [2.45, 2.75) is 18.8 Å². The Balaban J connectivity index is 1.86. The largest absolute Gasteiger partial charge is 0.293 e. The Kier molecular flexibility index (Phi) is 5.96. The second kappa shape index (κ2) is 8.78. The standard InChI is InChI=1S/C24H21NO/c25-18-20(16-19-10-4-1-5-11-19)17-23(21-12-6-2-7-13-21)24(26)22-14-8-3-9-15-22/h1-15,20,23H,16-17H2. The number of ketones is 1. The van der Waals surface area contributed by atoms with E-state index in [-0.39, 0.29) is 17.6 Å². The van der Waals surface area contributed by atoms with Crippen LogP contribution in [0.3, 0.4) is 0 Å². The maximum atomic E-state index is 13.1. The third-order valence-electron chi connectivity index (χ3n) is 4.60. The van der Waals surface area contributed by atoms with E-state index in [1.54, 1.807) is 0 Å². The molecule has 0 radical (unpaired) electrons. The first-order valence-corrected chi connectivity index (χ1v) is 8.85. The van der Waals surface area contributed by atoms with Gasteiger partial charge < -0.3 is 0 Å². The van der Waals surface area contributed by atoms with Crippen LogP contribution in [0.4, 0.5) is 0 Å². The number of carbonyl (C=O) groups is 1. The molecule has 2 heteroatoms. The van der Waals surface area contributed by atoms with Crippen LogP contribution in [0.2, 0.25) is 0 Å². The molecule has 128 valence electrons. The molecule has 0 aliphatic heterocycles. The van der Waals surface area contributed by atoms with E-state index in [2.05, 4.69) is 6.07 Å². The van der Waals surface area contributed by atoms with Crippen molar-refractivity contribution < 1.29 is 4.79 Å². The monoisotopic (exact) mass is 339 g/mol. The lowest BCUT2D eigenvalue weighted by atomic mass is 9.82. The van der Waals surface area contributed by atoms with Gasteiger partial charge in [0.25, 0.3) is 0 Å². The van der Waals surface area contributed by atoms with Gasteiger partial charge in [-0.2, -0.15) is 5.26 Å². The van der Waals surface area contributed by atoms with E-state index < -0.39 is 0 Å². The van der Waals surface area contributed by atoms with Gasteiger partial charge in [-0.05, 0) is 24.0 Å². The van der Waals surface area contributed by atoms with Crippen molar-refractivity contribution >= 4 is 5.78 Å². The Labute approximate surface area is 154 Å². The van der Waals surface area contributed by atoms with E-state index >= 15 is 0 Å². The fourth-order valence-corrected chi connectivity index (χ4v) is 3.25. The third-order valence-corrected chi connectivity index (χ3v) is 4.60. The summed E-state index contributed by atoms with van der Waals surface area (Å²) in [6, 6.07) is 31.5. The van der Waals surface area contributed by atoms with Crippen LogP contribution in [0.15, 0.2) is 91.0 Å². The van der Waals surface area contributed by atoms with Crippen molar-refractivity contribution in [2.24, 2.45) is 5.92 Å². The summed E-state index contributed by atoms with van der Waals surface area (Å²) in [5, 5.41) is 9.67. The SMILES string of the molecule is N#CC(Cc1ccccc1)CC(C(=O)c1ccccc1)c1ccccc1. The lowest BCUT2D eigenvalue weighted by Gasteiger charge is -2.19. The first kappa shape index (κ1) is 17.6. The molecule has 0 spiro atoms. The van der Waals surface area contributed by atoms with E-state index in [0.717, 1.165) is 11.1 Å². The molecule has 2 unspecified atom stereocenters. The number of nitrogens with zero attached hydrogens (tertiary/aromatic N) is 1. The average molecular weight is 339 g/mol. The Bertz CT molecular complexity index is 866. The van der Waals surface area contributed by atoms with Crippen LogP contribution in [0, 0.1) is 17.2 Å². The summed E-state index contributed by atoms with van der Waals surface area (Å²) in [5.41, 5.74) is 2.78. The Morgan fingerprint density at radius 1 is 0.808 bits per heavy atom. The number of hydrogen-bond donors (Lipinski definition) is 0. The predicted molar refractivity (Wildman–Crippen MR) is 104 cm³/mol. The third kappa shape index (κ3) is 4.46. The summed E-state index contributed by atoms with van der Waals surface area (Å²) in [7, 11) is 0. The average Bonchev–Trinajstić information content (AvgIpc) is 2.72. The highest BCUT2D eigenvalue weighted by molar-refractivity contribution is 6.01. The molecule has 0 N–H and O–H groups in total. The van der Waals surface area contributed by atoms with Crippen molar-refractivity contribution in [2.75, 3.05) is 0 Å². The molecule has 3 rings (SSSR count). The number of Topliss-reactive ketones (excluding diaryl/α,β-unsaturated/α-hetero) is 1. The Morgan fingerprint density at radius 3 is 1.92 bits per heavy atom. The van der Waals surface area contributed by atoms with E-state index in [9.17, 15) is 10.1 Å². The summed E-state index contributed by atoms with van der Waals surface area (Å²) in [5.74, 6) is -0.452. The summed E-state index contributed by atoms with van der Waals surface area (Å²) in [6.07, 6.45) is 1.17. The molecule has 0 saturated carbocycles. The van der Waals surface area contributed by atoms with Crippen molar-refractivity contribution in [3.63, 3.8) is 0 Å². The van der Waals surface area contributed by atoms with Gasteiger partial charge in [0.1, 0.15) is 0 Å². The minimum atomic E-state index is -0.313. The zero-order chi connectivity index (χ0) is 18.2. The van der Waals surface area contributed by atoms with Gasteiger partial charge in [-0.25, -0.2) is 0 Å². The van der Waals surface area contributed by atoms with Crippen LogP contribution < -0.4 is 0 Å². The topological polar surface area (TPSA) is 40.9 Å². The summed E-state index contributed by atoms with van der Waals surface area (Å²) >= 11 is 0. The number of nitriles is 1. The number of hydrogen-bond acceptors (Lipinski definition) is 2. The molecule has 0 aliphatic carbocycles. The first-order valence-electron chi connectivity index (χ1n) is 8.85. The molecule has 3 aromatic rings. The molecule has 0 aromatic heterocycles. The summed E-state index contributed by atoms with van der Waals surface area (Å²) in [4.78, 5) is 13.1. The Hall–Kier alpha value is -3.18. The van der Waals surface area contributed by atoms with E-state index in [1.807, 2.05) is 91.0 Å². The molecular formula is C24H21NO. The molecule has 2 nitrogen and oxygen atoms in total. The molecule has 3 aromatic carbocycles. The normalized spacial score (nSPS) is 12.7. The van der Waals surface area contributed by atoms with Gasteiger partial charge in [0, 0.05) is 11.5 Å². The molecule has 0 fully saturated rings. The molecule has 0 saturated heterocycles. The smallest absolute Gasteiger partial charge is 0.170 e. The lowest BCUT2D eigenvalue weighted by molar-refractivity contribution is 0.0950. The minimum absolute atomic E-state index is 0.0742. The number of rotatable bonds is 7. The summed E-state index contributed by atoms with van der Waals surface area (Å²) < 4.78 is 0. The molecule has 0 bridgehead atoms. The van der Waals surface area contributed by atoms with E-state index in [0.29, 0.717) is 18.4 Å². The molecular weight excluding hydrogens is 318 g/mol. The van der Waals surface area contributed by atoms with Crippen LogP contribution in [0.1, 0.15) is 33.8 Å². The van der Waals surface area contributed by atoms with Crippen LogP contribution in [-0.4, -0.2) is 5.78 Å². The molecule has 2 atom stereocenters. The zero-order valence-corrected chi connectivity index (χ0v) is 14.6. The van der Waals surface area contributed by atoms with Crippen LogP contribution in [0.25, 0.3) is 0 Å². The van der Waals surface area contributed by atoms with Gasteiger partial charge in [0.05, 0.1) is 12.0 Å². The highest BCUT2D eigenvalue weighted by atomic mass is 16.1.